The van der Waals surface area contributed by atoms with Crippen molar-refractivity contribution in [1.82, 2.24) is 5.32 Å². The van der Waals surface area contributed by atoms with Crippen LogP contribution in [-0.4, -0.2) is 19.3 Å². The van der Waals surface area contributed by atoms with Gasteiger partial charge < -0.3 is 10.1 Å². The lowest BCUT2D eigenvalue weighted by Gasteiger charge is -2.11. The van der Waals surface area contributed by atoms with E-state index in [0.29, 0.717) is 17.7 Å². The average Bonchev–Trinajstić information content (AvgIpc) is 3.10. The highest BCUT2D eigenvalue weighted by Gasteiger charge is 2.14. The van der Waals surface area contributed by atoms with E-state index in [1.807, 2.05) is 42.5 Å². The molecule has 1 aliphatic heterocycles. The molecular formula is C20H19Cl2NO. The van der Waals surface area contributed by atoms with Gasteiger partial charge in [-0.25, -0.2) is 0 Å². The Morgan fingerprint density at radius 1 is 1.08 bits per heavy atom. The standard InChI is InChI=1S/C20H19Cl2NO/c21-19-6-2-1-4-16(19)9-7-15-8-10-20(22)17(12-15)13-23-14-18-5-3-11-24-18/h1-2,4,6,8,10,12,18,23H,3,5,11,13-14H2. The summed E-state index contributed by atoms with van der Waals surface area (Å²) in [7, 11) is 0. The molecule has 1 aliphatic rings. The summed E-state index contributed by atoms with van der Waals surface area (Å²) in [5, 5.41) is 4.83. The number of hydrogen-bond acceptors (Lipinski definition) is 2. The van der Waals surface area contributed by atoms with E-state index in [0.717, 1.165) is 47.7 Å². The fraction of sp³-hybridized carbons (Fsp3) is 0.300. The highest BCUT2D eigenvalue weighted by atomic mass is 35.5. The Hall–Kier alpha value is -1.50. The van der Waals surface area contributed by atoms with Crippen LogP contribution in [0.5, 0.6) is 0 Å². The molecule has 2 aromatic carbocycles. The van der Waals surface area contributed by atoms with Crippen LogP contribution in [0.4, 0.5) is 0 Å². The van der Waals surface area contributed by atoms with Gasteiger partial charge in [-0.05, 0) is 48.7 Å². The number of hydrogen-bond donors (Lipinski definition) is 1. The number of nitrogens with one attached hydrogen (secondary N) is 1. The number of rotatable bonds is 4. The molecule has 3 rings (SSSR count). The summed E-state index contributed by atoms with van der Waals surface area (Å²) >= 11 is 12.4. The highest BCUT2D eigenvalue weighted by Crippen LogP contribution is 2.18. The van der Waals surface area contributed by atoms with Crippen molar-refractivity contribution in [2.45, 2.75) is 25.5 Å². The van der Waals surface area contributed by atoms with Crippen LogP contribution in [0.25, 0.3) is 0 Å². The van der Waals surface area contributed by atoms with Crippen molar-refractivity contribution in [2.75, 3.05) is 13.2 Å². The fourth-order valence-electron chi connectivity index (χ4n) is 2.66. The van der Waals surface area contributed by atoms with Crippen LogP contribution in [0.15, 0.2) is 42.5 Å². The molecular weight excluding hydrogens is 341 g/mol. The zero-order valence-electron chi connectivity index (χ0n) is 13.3. The van der Waals surface area contributed by atoms with Gasteiger partial charge in [0.05, 0.1) is 11.1 Å². The summed E-state index contributed by atoms with van der Waals surface area (Å²) in [4.78, 5) is 0. The quantitative estimate of drug-likeness (QED) is 0.801. The summed E-state index contributed by atoms with van der Waals surface area (Å²) in [5.41, 5.74) is 2.79. The molecule has 0 aromatic heterocycles. The summed E-state index contributed by atoms with van der Waals surface area (Å²) in [6.07, 6.45) is 2.61. The monoisotopic (exact) mass is 359 g/mol. The minimum absolute atomic E-state index is 0.326. The van der Waals surface area contributed by atoms with Gasteiger partial charge in [-0.3, -0.25) is 0 Å². The Bertz CT molecular complexity index is 758. The van der Waals surface area contributed by atoms with E-state index in [-0.39, 0.29) is 0 Å². The van der Waals surface area contributed by atoms with Gasteiger partial charge in [0.1, 0.15) is 0 Å². The van der Waals surface area contributed by atoms with Crippen molar-refractivity contribution in [1.29, 1.82) is 0 Å². The topological polar surface area (TPSA) is 21.3 Å². The van der Waals surface area contributed by atoms with Gasteiger partial charge in [0.2, 0.25) is 0 Å². The molecule has 2 nitrogen and oxygen atoms in total. The Balaban J connectivity index is 1.66. The molecule has 1 heterocycles. The molecule has 4 heteroatoms. The Labute approximate surface area is 153 Å². The van der Waals surface area contributed by atoms with Crippen molar-refractivity contribution in [3.05, 3.63) is 69.2 Å². The van der Waals surface area contributed by atoms with Gasteiger partial charge in [-0.15, -0.1) is 0 Å². The van der Waals surface area contributed by atoms with Gasteiger partial charge in [0.15, 0.2) is 0 Å². The lowest BCUT2D eigenvalue weighted by molar-refractivity contribution is 0.110. The zero-order valence-corrected chi connectivity index (χ0v) is 14.8. The molecule has 1 fully saturated rings. The molecule has 0 radical (unpaired) electrons. The van der Waals surface area contributed by atoms with Gasteiger partial charge in [-0.2, -0.15) is 0 Å². The van der Waals surface area contributed by atoms with Crippen LogP contribution in [0, 0.1) is 11.8 Å². The minimum Gasteiger partial charge on any atom is -0.377 e. The Morgan fingerprint density at radius 2 is 1.96 bits per heavy atom. The molecule has 24 heavy (non-hydrogen) atoms. The second-order valence-electron chi connectivity index (χ2n) is 5.80. The van der Waals surface area contributed by atoms with Crippen LogP contribution in [-0.2, 0) is 11.3 Å². The maximum Gasteiger partial charge on any atom is 0.0700 e. The lowest BCUT2D eigenvalue weighted by Crippen LogP contribution is -2.25. The number of halogens is 2. The van der Waals surface area contributed by atoms with Crippen molar-refractivity contribution < 1.29 is 4.74 Å². The molecule has 1 saturated heterocycles. The van der Waals surface area contributed by atoms with Gasteiger partial charge in [0, 0.05) is 35.8 Å². The maximum absolute atomic E-state index is 6.29. The van der Waals surface area contributed by atoms with Gasteiger partial charge in [0.25, 0.3) is 0 Å². The molecule has 2 aromatic rings. The fourth-order valence-corrected chi connectivity index (χ4v) is 3.03. The Kier molecular flexibility index (Phi) is 6.18. The molecule has 0 saturated carbocycles. The lowest BCUT2D eigenvalue weighted by atomic mass is 10.1. The summed E-state index contributed by atoms with van der Waals surface area (Å²) < 4.78 is 5.61. The molecule has 0 bridgehead atoms. The van der Waals surface area contributed by atoms with E-state index < -0.39 is 0 Å². The molecule has 1 N–H and O–H groups in total. The smallest absolute Gasteiger partial charge is 0.0700 e. The van der Waals surface area contributed by atoms with E-state index in [2.05, 4.69) is 17.2 Å². The predicted molar refractivity (Wildman–Crippen MR) is 99.6 cm³/mol. The van der Waals surface area contributed by atoms with Crippen LogP contribution < -0.4 is 5.32 Å². The zero-order chi connectivity index (χ0) is 16.8. The first-order valence-corrected chi connectivity index (χ1v) is 8.85. The first-order valence-electron chi connectivity index (χ1n) is 8.09. The minimum atomic E-state index is 0.326. The summed E-state index contributed by atoms with van der Waals surface area (Å²) in [6.45, 7) is 2.44. The number of ether oxygens (including phenoxy) is 1. The Morgan fingerprint density at radius 3 is 2.75 bits per heavy atom. The van der Waals surface area contributed by atoms with Crippen molar-refractivity contribution in [3.63, 3.8) is 0 Å². The van der Waals surface area contributed by atoms with Crippen molar-refractivity contribution in [3.8, 4) is 11.8 Å². The van der Waals surface area contributed by atoms with Crippen LogP contribution in [0.1, 0.15) is 29.5 Å². The van der Waals surface area contributed by atoms with E-state index in [4.69, 9.17) is 27.9 Å². The largest absolute Gasteiger partial charge is 0.377 e. The third-order valence-electron chi connectivity index (χ3n) is 3.97. The normalized spacial score (nSPS) is 16.7. The molecule has 0 amide bonds. The second-order valence-corrected chi connectivity index (χ2v) is 6.62. The van der Waals surface area contributed by atoms with E-state index >= 15 is 0 Å². The maximum atomic E-state index is 6.29. The average molecular weight is 360 g/mol. The van der Waals surface area contributed by atoms with E-state index in [1.165, 1.54) is 0 Å². The van der Waals surface area contributed by atoms with Crippen LogP contribution >= 0.6 is 23.2 Å². The third kappa shape index (κ3) is 4.75. The van der Waals surface area contributed by atoms with Crippen LogP contribution in [0.2, 0.25) is 10.0 Å². The third-order valence-corrected chi connectivity index (χ3v) is 4.67. The second kappa shape index (κ2) is 8.55. The van der Waals surface area contributed by atoms with Crippen molar-refractivity contribution in [2.24, 2.45) is 0 Å². The number of benzene rings is 2. The molecule has 1 unspecified atom stereocenters. The van der Waals surface area contributed by atoms with Gasteiger partial charge in [-0.1, -0.05) is 47.2 Å². The summed E-state index contributed by atoms with van der Waals surface area (Å²) in [5.74, 6) is 6.27. The van der Waals surface area contributed by atoms with E-state index in [9.17, 15) is 0 Å². The molecule has 0 spiro atoms. The first kappa shape index (κ1) is 17.3. The summed E-state index contributed by atoms with van der Waals surface area (Å²) in [6, 6.07) is 13.4. The molecule has 124 valence electrons. The van der Waals surface area contributed by atoms with Crippen molar-refractivity contribution >= 4 is 23.2 Å². The highest BCUT2D eigenvalue weighted by molar-refractivity contribution is 6.32. The van der Waals surface area contributed by atoms with Crippen LogP contribution in [0.3, 0.4) is 0 Å². The molecule has 1 atom stereocenters. The molecule has 0 aliphatic carbocycles. The SMILES string of the molecule is Clc1ccccc1C#Cc1ccc(Cl)c(CNCC2CCCO2)c1. The van der Waals surface area contributed by atoms with Gasteiger partial charge >= 0.3 is 0 Å². The predicted octanol–water partition coefficient (Wildman–Crippen LogP) is 4.66. The van der Waals surface area contributed by atoms with E-state index in [1.54, 1.807) is 0 Å². The first-order chi connectivity index (χ1) is 11.7.